The Labute approximate surface area is 157 Å². The normalized spacial score (nSPS) is 13.6. The molecule has 1 rings (SSSR count). The lowest BCUT2D eigenvalue weighted by atomic mass is 10.3. The molecular weight excluding hydrogens is 388 g/mol. The molecule has 0 unspecified atom stereocenters. The lowest BCUT2D eigenvalue weighted by Crippen LogP contribution is -2.54. The molecule has 25 heavy (non-hydrogen) atoms. The van der Waals surface area contributed by atoms with Crippen LogP contribution in [0.4, 0.5) is 0 Å². The maximum atomic E-state index is 12.2. The van der Waals surface area contributed by atoms with Crippen LogP contribution in [0, 0.1) is 0 Å². The number of nitrogens with one attached hydrogen (secondary N) is 4. The summed E-state index contributed by atoms with van der Waals surface area (Å²) >= 11 is 10.8. The quantitative estimate of drug-likeness (QED) is 0.385. The number of hydrazine groups is 1. The molecule has 0 aliphatic rings. The highest BCUT2D eigenvalue weighted by molar-refractivity contribution is 7.89. The second-order valence-corrected chi connectivity index (χ2v) is 7.80. The lowest BCUT2D eigenvalue weighted by molar-refractivity contribution is -0.122. The van der Waals surface area contributed by atoms with Crippen molar-refractivity contribution in [3.8, 4) is 0 Å². The maximum absolute atomic E-state index is 12.2. The van der Waals surface area contributed by atoms with Crippen molar-refractivity contribution in [1.82, 2.24) is 20.9 Å². The third-order valence-electron chi connectivity index (χ3n) is 2.92. The molecule has 2 atom stereocenters. The van der Waals surface area contributed by atoms with Gasteiger partial charge in [0.2, 0.25) is 10.0 Å². The highest BCUT2D eigenvalue weighted by Gasteiger charge is 2.22. The zero-order chi connectivity index (χ0) is 19.0. The summed E-state index contributed by atoms with van der Waals surface area (Å²) in [4.78, 5) is 12.0. The molecule has 1 amide bonds. The minimum atomic E-state index is -3.88. The van der Waals surface area contributed by atoms with E-state index in [-0.39, 0.29) is 21.1 Å². The molecule has 1 aromatic rings. The van der Waals surface area contributed by atoms with Crippen LogP contribution in [-0.4, -0.2) is 45.2 Å². The number of thiocarbonyl (C=S) groups is 1. The van der Waals surface area contributed by atoms with Gasteiger partial charge in [-0.2, -0.15) is 4.72 Å². The summed E-state index contributed by atoms with van der Waals surface area (Å²) in [6, 6.07) is 4.65. The summed E-state index contributed by atoms with van der Waals surface area (Å²) in [6.45, 7) is 3.69. The number of methoxy groups -OCH3 is 1. The predicted molar refractivity (Wildman–Crippen MR) is 99.6 cm³/mol. The summed E-state index contributed by atoms with van der Waals surface area (Å²) in [6.07, 6.45) is 0. The monoisotopic (exact) mass is 408 g/mol. The first-order valence-corrected chi connectivity index (χ1v) is 9.56. The molecule has 11 heteroatoms. The largest absolute Gasteiger partial charge is 0.383 e. The Morgan fingerprint density at radius 3 is 2.60 bits per heavy atom. The van der Waals surface area contributed by atoms with Crippen LogP contribution in [0.2, 0.25) is 5.02 Å². The topological polar surface area (TPSA) is 109 Å². The zero-order valence-electron chi connectivity index (χ0n) is 14.0. The Balaban J connectivity index is 2.55. The van der Waals surface area contributed by atoms with E-state index in [1.54, 1.807) is 13.2 Å². The number of carbonyl (C=O) groups excluding carboxylic acids is 1. The minimum Gasteiger partial charge on any atom is -0.383 e. The average molecular weight is 409 g/mol. The van der Waals surface area contributed by atoms with Crippen molar-refractivity contribution < 1.29 is 17.9 Å². The second-order valence-electron chi connectivity index (χ2n) is 5.24. The molecule has 1 aromatic carbocycles. The molecule has 0 fully saturated rings. The van der Waals surface area contributed by atoms with Gasteiger partial charge < -0.3 is 10.1 Å². The molecule has 0 spiro atoms. The standard InChI is InChI=1S/C14H21ClN4O4S2/c1-9(8-23-3)16-14(24)18-17-13(20)10(2)19-25(21,22)12-6-4-5-11(15)7-12/h4-7,9-10,19H,8H2,1-3H3,(H,17,20)(H2,16,18,24)/t9-,10-/m0/s1. The maximum Gasteiger partial charge on any atom is 0.256 e. The van der Waals surface area contributed by atoms with Crippen LogP contribution in [-0.2, 0) is 19.6 Å². The first-order valence-electron chi connectivity index (χ1n) is 7.29. The van der Waals surface area contributed by atoms with Crippen molar-refractivity contribution in [1.29, 1.82) is 0 Å². The van der Waals surface area contributed by atoms with Crippen LogP contribution in [0.3, 0.4) is 0 Å². The highest BCUT2D eigenvalue weighted by atomic mass is 35.5. The molecule has 140 valence electrons. The molecule has 4 N–H and O–H groups in total. The Kier molecular flexibility index (Phi) is 8.53. The van der Waals surface area contributed by atoms with Crippen molar-refractivity contribution in [2.45, 2.75) is 30.8 Å². The van der Waals surface area contributed by atoms with Crippen molar-refractivity contribution in [2.24, 2.45) is 0 Å². The lowest BCUT2D eigenvalue weighted by Gasteiger charge is -2.18. The molecule has 0 heterocycles. The highest BCUT2D eigenvalue weighted by Crippen LogP contribution is 2.15. The van der Waals surface area contributed by atoms with Crippen LogP contribution in [0.25, 0.3) is 0 Å². The number of halogens is 1. The van der Waals surface area contributed by atoms with Crippen molar-refractivity contribution in [3.05, 3.63) is 29.3 Å². The van der Waals surface area contributed by atoms with E-state index in [0.29, 0.717) is 6.61 Å². The molecule has 0 radical (unpaired) electrons. The average Bonchev–Trinajstić information content (AvgIpc) is 2.52. The minimum absolute atomic E-state index is 0.0295. The van der Waals surface area contributed by atoms with Gasteiger partial charge in [-0.25, -0.2) is 8.42 Å². The fourth-order valence-corrected chi connectivity index (χ4v) is 3.52. The van der Waals surface area contributed by atoms with Gasteiger partial charge in [0.25, 0.3) is 5.91 Å². The third kappa shape index (κ3) is 7.53. The molecular formula is C14H21ClN4O4S2. The Hall–Kier alpha value is -1.46. The number of carbonyl (C=O) groups is 1. The summed E-state index contributed by atoms with van der Waals surface area (Å²) < 4.78 is 31.7. The van der Waals surface area contributed by atoms with Gasteiger partial charge in [-0.15, -0.1) is 0 Å². The van der Waals surface area contributed by atoms with Gasteiger partial charge in [-0.3, -0.25) is 15.6 Å². The summed E-state index contributed by atoms with van der Waals surface area (Å²) in [7, 11) is -2.32. The zero-order valence-corrected chi connectivity index (χ0v) is 16.4. The summed E-state index contributed by atoms with van der Waals surface area (Å²) in [5.74, 6) is -0.603. The number of hydrogen-bond donors (Lipinski definition) is 4. The van der Waals surface area contributed by atoms with E-state index >= 15 is 0 Å². The van der Waals surface area contributed by atoms with Gasteiger partial charge in [0, 0.05) is 18.2 Å². The first kappa shape index (κ1) is 21.6. The van der Waals surface area contributed by atoms with Gasteiger partial charge >= 0.3 is 0 Å². The van der Waals surface area contributed by atoms with Gasteiger partial charge in [0.1, 0.15) is 0 Å². The Bertz CT molecular complexity index is 715. The van der Waals surface area contributed by atoms with Gasteiger partial charge in [-0.05, 0) is 44.3 Å². The number of amides is 1. The number of ether oxygens (including phenoxy) is 1. The fraction of sp³-hybridized carbons (Fsp3) is 0.429. The van der Waals surface area contributed by atoms with Gasteiger partial charge in [-0.1, -0.05) is 17.7 Å². The molecule has 8 nitrogen and oxygen atoms in total. The van der Waals surface area contributed by atoms with Crippen molar-refractivity contribution in [3.63, 3.8) is 0 Å². The van der Waals surface area contributed by atoms with Gasteiger partial charge in [0.15, 0.2) is 5.11 Å². The van der Waals surface area contributed by atoms with E-state index in [2.05, 4.69) is 20.9 Å². The van der Waals surface area contributed by atoms with E-state index in [0.717, 1.165) is 0 Å². The Morgan fingerprint density at radius 1 is 1.32 bits per heavy atom. The van der Waals surface area contributed by atoms with Crippen molar-refractivity contribution >= 4 is 44.9 Å². The third-order valence-corrected chi connectivity index (χ3v) is 4.92. The Morgan fingerprint density at radius 2 is 2.00 bits per heavy atom. The van der Waals surface area contributed by atoms with Crippen LogP contribution >= 0.6 is 23.8 Å². The number of hydrogen-bond acceptors (Lipinski definition) is 5. The van der Waals surface area contributed by atoms with Crippen molar-refractivity contribution in [2.75, 3.05) is 13.7 Å². The summed E-state index contributed by atoms with van der Waals surface area (Å²) in [5, 5.41) is 3.35. The van der Waals surface area contributed by atoms with E-state index in [1.165, 1.54) is 25.1 Å². The SMILES string of the molecule is COC[C@H](C)NC(=S)NNC(=O)[C@H](C)NS(=O)(=O)c1cccc(Cl)c1. The number of benzene rings is 1. The van der Waals surface area contributed by atoms with E-state index in [1.807, 2.05) is 6.92 Å². The smallest absolute Gasteiger partial charge is 0.256 e. The van der Waals surface area contributed by atoms with Crippen LogP contribution < -0.4 is 20.9 Å². The van der Waals surface area contributed by atoms with Crippen LogP contribution in [0.15, 0.2) is 29.2 Å². The number of rotatable bonds is 7. The van der Waals surface area contributed by atoms with E-state index < -0.39 is 22.0 Å². The van der Waals surface area contributed by atoms with Gasteiger partial charge in [0.05, 0.1) is 17.5 Å². The predicted octanol–water partition coefficient (Wildman–Crippen LogP) is 0.537. The van der Waals surface area contributed by atoms with Crippen LogP contribution in [0.5, 0.6) is 0 Å². The molecule has 0 aromatic heterocycles. The molecule has 0 saturated heterocycles. The molecule has 0 saturated carbocycles. The van der Waals surface area contributed by atoms with E-state index in [4.69, 9.17) is 28.6 Å². The molecule has 0 aliphatic carbocycles. The fourth-order valence-electron chi connectivity index (χ4n) is 1.77. The number of sulfonamides is 1. The molecule has 0 bridgehead atoms. The van der Waals surface area contributed by atoms with Crippen LogP contribution in [0.1, 0.15) is 13.8 Å². The first-order chi connectivity index (χ1) is 11.7. The summed E-state index contributed by atoms with van der Waals surface area (Å²) in [5.41, 5.74) is 4.83. The van der Waals surface area contributed by atoms with E-state index in [9.17, 15) is 13.2 Å². The second kappa shape index (κ2) is 9.88. The molecule has 0 aliphatic heterocycles.